The molecule has 0 aromatic carbocycles. The molecule has 0 fully saturated rings. The van der Waals surface area contributed by atoms with Crippen LogP contribution in [0, 0.1) is 3.70 Å². The Labute approximate surface area is 73.7 Å². The van der Waals surface area contributed by atoms with E-state index < -0.39 is 0 Å². The van der Waals surface area contributed by atoms with Gasteiger partial charge in [0.2, 0.25) is 0 Å². The largest absolute Gasteiger partial charge is 0.326 e. The van der Waals surface area contributed by atoms with E-state index in [2.05, 4.69) is 27.7 Å². The highest BCUT2D eigenvalue weighted by Crippen LogP contribution is 1.99. The predicted octanol–water partition coefficient (Wildman–Crippen LogP) is 0.835. The maximum Gasteiger partial charge on any atom is 0.123 e. The van der Waals surface area contributed by atoms with E-state index in [1.54, 1.807) is 0 Å². The Morgan fingerprint density at radius 2 is 2.60 bits per heavy atom. The van der Waals surface area contributed by atoms with Gasteiger partial charge < -0.3 is 5.73 Å². The molecule has 3 nitrogen and oxygen atoms in total. The molecule has 0 saturated carbocycles. The van der Waals surface area contributed by atoms with E-state index in [9.17, 15) is 0 Å². The smallest absolute Gasteiger partial charge is 0.123 e. The van der Waals surface area contributed by atoms with Crippen molar-refractivity contribution in [3.8, 4) is 0 Å². The molecule has 1 rings (SSSR count). The zero-order chi connectivity index (χ0) is 7.56. The number of nitrogens with two attached hydrogens (primary N) is 1. The fraction of sp³-hybridized carbons (Fsp3) is 0.500. The van der Waals surface area contributed by atoms with Crippen LogP contribution in [0.4, 0.5) is 0 Å². The van der Waals surface area contributed by atoms with Gasteiger partial charge in [0.1, 0.15) is 3.70 Å². The molecule has 0 spiro atoms. The molecule has 0 amide bonds. The molecule has 1 heterocycles. The van der Waals surface area contributed by atoms with Crippen LogP contribution >= 0.6 is 22.6 Å². The van der Waals surface area contributed by atoms with Gasteiger partial charge in [-0.05, 0) is 35.6 Å². The standard InChI is InChI=1S/C6H10IN3/c1-5(8)4-10-3-2-6(7)9-10/h2-3,5H,4,8H2,1H3/t5-/m0/s1. The summed E-state index contributed by atoms with van der Waals surface area (Å²) in [6.45, 7) is 2.76. The number of rotatable bonds is 2. The molecule has 0 aliphatic rings. The summed E-state index contributed by atoms with van der Waals surface area (Å²) in [5.74, 6) is 0. The van der Waals surface area contributed by atoms with Crippen molar-refractivity contribution in [3.05, 3.63) is 16.0 Å². The van der Waals surface area contributed by atoms with E-state index in [1.165, 1.54) is 0 Å². The predicted molar refractivity (Wildman–Crippen MR) is 48.6 cm³/mol. The summed E-state index contributed by atoms with van der Waals surface area (Å²) in [4.78, 5) is 0. The molecule has 1 aromatic heterocycles. The van der Waals surface area contributed by atoms with Gasteiger partial charge in [-0.1, -0.05) is 0 Å². The fourth-order valence-electron chi connectivity index (χ4n) is 0.734. The lowest BCUT2D eigenvalue weighted by Gasteiger charge is -2.03. The van der Waals surface area contributed by atoms with E-state index >= 15 is 0 Å². The molecule has 4 heteroatoms. The van der Waals surface area contributed by atoms with Crippen molar-refractivity contribution < 1.29 is 0 Å². The first-order valence-electron chi connectivity index (χ1n) is 3.13. The van der Waals surface area contributed by atoms with E-state index in [1.807, 2.05) is 23.9 Å². The third-order valence-corrected chi connectivity index (χ3v) is 1.66. The van der Waals surface area contributed by atoms with Crippen LogP contribution in [0.5, 0.6) is 0 Å². The quantitative estimate of drug-likeness (QED) is 0.791. The SMILES string of the molecule is C[C@H](N)Cn1ccc(I)n1. The van der Waals surface area contributed by atoms with Crippen LogP contribution in [0.25, 0.3) is 0 Å². The lowest BCUT2D eigenvalue weighted by atomic mass is 10.4. The topological polar surface area (TPSA) is 43.8 Å². The zero-order valence-electron chi connectivity index (χ0n) is 5.79. The van der Waals surface area contributed by atoms with Gasteiger partial charge in [-0.3, -0.25) is 4.68 Å². The average molecular weight is 251 g/mol. The van der Waals surface area contributed by atoms with Gasteiger partial charge in [0, 0.05) is 12.2 Å². The monoisotopic (exact) mass is 251 g/mol. The van der Waals surface area contributed by atoms with Crippen molar-refractivity contribution in [2.24, 2.45) is 5.73 Å². The van der Waals surface area contributed by atoms with Gasteiger partial charge >= 0.3 is 0 Å². The summed E-state index contributed by atoms with van der Waals surface area (Å²) in [6.07, 6.45) is 1.94. The first-order chi connectivity index (χ1) is 4.68. The number of hydrogen-bond acceptors (Lipinski definition) is 2. The van der Waals surface area contributed by atoms with Crippen molar-refractivity contribution in [1.29, 1.82) is 0 Å². The van der Waals surface area contributed by atoms with Gasteiger partial charge in [0.25, 0.3) is 0 Å². The van der Waals surface area contributed by atoms with E-state index in [-0.39, 0.29) is 6.04 Å². The maximum absolute atomic E-state index is 5.57. The van der Waals surface area contributed by atoms with Crippen LogP contribution in [0.3, 0.4) is 0 Å². The summed E-state index contributed by atoms with van der Waals surface area (Å²) < 4.78 is 2.87. The van der Waals surface area contributed by atoms with E-state index in [4.69, 9.17) is 5.73 Å². The molecule has 0 radical (unpaired) electrons. The van der Waals surface area contributed by atoms with Gasteiger partial charge in [-0.25, -0.2) is 0 Å². The lowest BCUT2D eigenvalue weighted by molar-refractivity contribution is 0.536. The van der Waals surface area contributed by atoms with Crippen LogP contribution in [0.1, 0.15) is 6.92 Å². The number of hydrogen-bond donors (Lipinski definition) is 1. The van der Waals surface area contributed by atoms with Gasteiger partial charge in [-0.2, -0.15) is 5.10 Å². The minimum absolute atomic E-state index is 0.177. The van der Waals surface area contributed by atoms with Crippen LogP contribution < -0.4 is 5.73 Å². The maximum atomic E-state index is 5.57. The molecule has 56 valence electrons. The second-order valence-corrected chi connectivity index (χ2v) is 3.44. The van der Waals surface area contributed by atoms with Gasteiger partial charge in [0.15, 0.2) is 0 Å². The molecule has 1 aromatic rings. The summed E-state index contributed by atoms with van der Waals surface area (Å²) >= 11 is 2.17. The normalized spacial score (nSPS) is 13.5. The van der Waals surface area contributed by atoms with Crippen LogP contribution in [-0.4, -0.2) is 15.8 Å². The summed E-state index contributed by atoms with van der Waals surface area (Å²) in [6, 6.07) is 2.14. The van der Waals surface area contributed by atoms with E-state index in [0.717, 1.165) is 10.2 Å². The number of aromatic nitrogens is 2. The summed E-state index contributed by atoms with van der Waals surface area (Å²) in [5.41, 5.74) is 5.57. The highest BCUT2D eigenvalue weighted by molar-refractivity contribution is 14.1. The average Bonchev–Trinajstić information content (AvgIpc) is 2.13. The first kappa shape index (κ1) is 8.00. The minimum Gasteiger partial charge on any atom is -0.326 e. The van der Waals surface area contributed by atoms with Gasteiger partial charge in [-0.15, -0.1) is 0 Å². The zero-order valence-corrected chi connectivity index (χ0v) is 7.95. The molecular weight excluding hydrogens is 241 g/mol. The third kappa shape index (κ3) is 2.26. The second-order valence-electron chi connectivity index (χ2n) is 2.34. The van der Waals surface area contributed by atoms with Crippen LogP contribution in [0.2, 0.25) is 0 Å². The molecule has 0 unspecified atom stereocenters. The Morgan fingerprint density at radius 1 is 1.90 bits per heavy atom. The Hall–Kier alpha value is -0.100. The molecule has 10 heavy (non-hydrogen) atoms. The van der Waals surface area contributed by atoms with Crippen LogP contribution in [0.15, 0.2) is 12.3 Å². The molecular formula is C6H10IN3. The summed E-state index contributed by atoms with van der Waals surface area (Å²) in [7, 11) is 0. The highest BCUT2D eigenvalue weighted by Gasteiger charge is 1.96. The molecule has 1 atom stereocenters. The highest BCUT2D eigenvalue weighted by atomic mass is 127. The Balaban J connectivity index is 2.58. The Bertz CT molecular complexity index is 207. The minimum atomic E-state index is 0.177. The first-order valence-corrected chi connectivity index (χ1v) is 4.21. The van der Waals surface area contributed by atoms with E-state index in [0.29, 0.717) is 0 Å². The van der Waals surface area contributed by atoms with Crippen molar-refractivity contribution in [2.75, 3.05) is 0 Å². The third-order valence-electron chi connectivity index (χ3n) is 1.08. The number of nitrogens with zero attached hydrogens (tertiary/aromatic N) is 2. The Morgan fingerprint density at radius 3 is 3.00 bits per heavy atom. The van der Waals surface area contributed by atoms with Crippen LogP contribution in [-0.2, 0) is 6.54 Å². The molecule has 0 saturated heterocycles. The molecule has 0 bridgehead atoms. The molecule has 2 N–H and O–H groups in total. The second kappa shape index (κ2) is 3.34. The number of halogens is 1. The molecule has 0 aliphatic carbocycles. The van der Waals surface area contributed by atoms with Crippen molar-refractivity contribution >= 4 is 22.6 Å². The molecule has 0 aliphatic heterocycles. The fourth-order valence-corrected chi connectivity index (χ4v) is 1.17. The van der Waals surface area contributed by atoms with Gasteiger partial charge in [0.05, 0.1) is 6.54 Å². The van der Waals surface area contributed by atoms with Crippen molar-refractivity contribution in [1.82, 2.24) is 9.78 Å². The van der Waals surface area contributed by atoms with Crippen molar-refractivity contribution in [3.63, 3.8) is 0 Å². The Kier molecular flexibility index (Phi) is 2.67. The summed E-state index contributed by atoms with van der Waals surface area (Å²) in [5, 5.41) is 4.17. The lowest BCUT2D eigenvalue weighted by Crippen LogP contribution is -2.22. The van der Waals surface area contributed by atoms with Crippen molar-refractivity contribution in [2.45, 2.75) is 19.5 Å².